The van der Waals surface area contributed by atoms with E-state index >= 15 is 0 Å². The maximum atomic E-state index is 12.3. The van der Waals surface area contributed by atoms with Crippen LogP contribution in [-0.4, -0.2) is 23.1 Å². The van der Waals surface area contributed by atoms with Crippen LogP contribution in [0.15, 0.2) is 54.6 Å². The number of benzene rings is 2. The molecule has 0 unspecified atom stereocenters. The van der Waals surface area contributed by atoms with Crippen molar-refractivity contribution in [3.05, 3.63) is 59.2 Å². The third-order valence-corrected chi connectivity index (χ3v) is 7.74. The van der Waals surface area contributed by atoms with Crippen LogP contribution < -0.4 is 4.65 Å². The van der Waals surface area contributed by atoms with Gasteiger partial charge in [-0.05, 0) is 63.7 Å². The molecule has 4 nitrogen and oxygen atoms in total. The Bertz CT molecular complexity index is 1260. The second kappa shape index (κ2) is 10.2. The number of aromatic nitrogens is 1. The Labute approximate surface area is 215 Å². The summed E-state index contributed by atoms with van der Waals surface area (Å²) >= 11 is 5.95. The molecule has 0 aliphatic carbocycles. The van der Waals surface area contributed by atoms with Gasteiger partial charge in [-0.25, -0.2) is 0 Å². The fourth-order valence-electron chi connectivity index (χ4n) is 4.06. The van der Waals surface area contributed by atoms with E-state index in [9.17, 15) is 4.79 Å². The van der Waals surface area contributed by atoms with Gasteiger partial charge in [-0.1, -0.05) is 70.2 Å². The van der Waals surface area contributed by atoms with E-state index in [0.717, 1.165) is 32.4 Å². The molecule has 0 atom stereocenters. The van der Waals surface area contributed by atoms with Gasteiger partial charge < -0.3 is 14.0 Å². The van der Waals surface area contributed by atoms with E-state index in [4.69, 9.17) is 21.6 Å². The zero-order valence-electron chi connectivity index (χ0n) is 22.5. The highest BCUT2D eigenvalue weighted by Crippen LogP contribution is 2.44. The van der Waals surface area contributed by atoms with Gasteiger partial charge in [0.05, 0.1) is 11.4 Å². The molecule has 0 radical (unpaired) electrons. The fourth-order valence-corrected chi connectivity index (χ4v) is 4.55. The highest BCUT2D eigenvalue weighted by Gasteiger charge is 2.48. The lowest BCUT2D eigenvalue weighted by Crippen LogP contribution is -2.49. The Hall–Kier alpha value is -2.60. The number of carbonyl (C=O) groups is 1. The predicted molar refractivity (Wildman–Crippen MR) is 150 cm³/mol. The monoisotopic (exact) mass is 491 g/mol. The molecule has 35 heavy (non-hydrogen) atoms. The number of hydrogen-bond acceptors (Lipinski definition) is 4. The smallest absolute Gasteiger partial charge is 0.364 e. The Morgan fingerprint density at radius 2 is 1.60 bits per heavy atom. The van der Waals surface area contributed by atoms with Gasteiger partial charge in [-0.3, -0.25) is 4.79 Å². The Kier molecular flexibility index (Phi) is 7.85. The first-order valence-corrected chi connectivity index (χ1v) is 12.8. The Morgan fingerprint density at radius 1 is 0.971 bits per heavy atom. The zero-order chi connectivity index (χ0) is 26.1. The number of rotatable bonds is 8. The molecular weight excluding hydrogens is 453 g/mol. The molecule has 2 aromatic carbocycles. The highest BCUT2D eigenvalue weighted by atomic mass is 32.1. The molecule has 0 N–H and O–H groups in total. The van der Waals surface area contributed by atoms with Crippen LogP contribution >= 0.6 is 12.2 Å². The number of esters is 1. The summed E-state index contributed by atoms with van der Waals surface area (Å²) in [5.74, 6) is 0.383. The average Bonchev–Trinajstić information content (AvgIpc) is 2.78. The van der Waals surface area contributed by atoms with Crippen LogP contribution in [0.25, 0.3) is 22.0 Å². The summed E-state index contributed by atoms with van der Waals surface area (Å²) in [4.78, 5) is 12.3. The van der Waals surface area contributed by atoms with Gasteiger partial charge >= 0.3 is 12.9 Å². The Morgan fingerprint density at radius 3 is 2.17 bits per heavy atom. The maximum absolute atomic E-state index is 12.3. The number of carbonyl (C=O) groups excluding carboxylic acids is 1. The molecule has 6 heteroatoms. The fraction of sp³-hybridized carbons (Fsp3) is 0.448. The maximum Gasteiger partial charge on any atom is 0.364 e. The van der Waals surface area contributed by atoms with Gasteiger partial charge in [-0.2, -0.15) is 0 Å². The second-order valence-electron chi connectivity index (χ2n) is 11.0. The summed E-state index contributed by atoms with van der Waals surface area (Å²) in [6.07, 6.45) is 0. The van der Waals surface area contributed by atoms with Gasteiger partial charge in [0.2, 0.25) is 0 Å². The van der Waals surface area contributed by atoms with E-state index < -0.39 is 10.9 Å². The predicted octanol–water partition coefficient (Wildman–Crippen LogP) is 8.38. The van der Waals surface area contributed by atoms with Crippen molar-refractivity contribution in [1.82, 2.24) is 4.57 Å². The van der Waals surface area contributed by atoms with E-state index in [1.807, 2.05) is 58.8 Å². The van der Waals surface area contributed by atoms with E-state index in [1.54, 1.807) is 0 Å². The SMILES string of the molecule is CB(Oc1ccc2cc(-c3ccccc3)c(=S)n(C(C)C)c2c1)C(C)(C)C(C)(C)OC(=O)C(C)C. The highest BCUT2D eigenvalue weighted by molar-refractivity contribution is 7.71. The molecule has 0 bridgehead atoms. The van der Waals surface area contributed by atoms with Crippen LogP contribution in [0.2, 0.25) is 12.1 Å². The van der Waals surface area contributed by atoms with Crippen molar-refractivity contribution in [2.24, 2.45) is 5.92 Å². The molecule has 0 fully saturated rings. The lowest BCUT2D eigenvalue weighted by molar-refractivity contribution is -0.163. The molecule has 0 saturated carbocycles. The van der Waals surface area contributed by atoms with Crippen molar-refractivity contribution in [3.8, 4) is 16.9 Å². The molecule has 0 aliphatic rings. The van der Waals surface area contributed by atoms with Crippen molar-refractivity contribution in [3.63, 3.8) is 0 Å². The minimum Gasteiger partial charge on any atom is -0.560 e. The molecule has 0 saturated heterocycles. The van der Waals surface area contributed by atoms with E-state index in [1.165, 1.54) is 0 Å². The molecule has 3 aromatic rings. The van der Waals surface area contributed by atoms with Crippen LogP contribution in [0, 0.1) is 10.6 Å². The van der Waals surface area contributed by atoms with Crippen LogP contribution in [0.4, 0.5) is 0 Å². The summed E-state index contributed by atoms with van der Waals surface area (Å²) in [6.45, 7) is 17.9. The standard InChI is InChI=1S/C29H38BNO3S/c1-19(2)27(32)33-29(7,8)28(5,6)30(9)34-23-16-15-22-17-24(21-13-11-10-12-14-21)26(35)31(20(3)4)25(22)18-23/h10-20H,1-9H3. The number of ether oxygens (including phenoxy) is 1. The molecule has 3 rings (SSSR count). The first-order chi connectivity index (χ1) is 16.3. The molecule has 1 aromatic heterocycles. The summed E-state index contributed by atoms with van der Waals surface area (Å²) in [7, 11) is 0. The minimum atomic E-state index is -0.708. The molecule has 1 heterocycles. The number of pyridine rings is 1. The van der Waals surface area contributed by atoms with Crippen LogP contribution in [0.3, 0.4) is 0 Å². The number of fused-ring (bicyclic) bond motifs is 1. The van der Waals surface area contributed by atoms with Gasteiger partial charge in [0.15, 0.2) is 0 Å². The first kappa shape index (κ1) is 27.0. The van der Waals surface area contributed by atoms with Gasteiger partial charge in [0.25, 0.3) is 0 Å². The number of nitrogens with zero attached hydrogens (tertiary/aromatic N) is 1. The molecular formula is C29H38BNO3S. The normalized spacial score (nSPS) is 12.3. The molecule has 0 amide bonds. The minimum absolute atomic E-state index is 0.179. The lowest BCUT2D eigenvalue weighted by Gasteiger charge is -2.43. The van der Waals surface area contributed by atoms with Crippen LogP contribution in [0.5, 0.6) is 5.75 Å². The average molecular weight is 492 g/mol. The first-order valence-electron chi connectivity index (χ1n) is 12.4. The van der Waals surface area contributed by atoms with Gasteiger partial charge in [0, 0.05) is 23.0 Å². The zero-order valence-corrected chi connectivity index (χ0v) is 23.3. The third-order valence-electron chi connectivity index (χ3n) is 7.32. The van der Waals surface area contributed by atoms with E-state index in [2.05, 4.69) is 62.6 Å². The summed E-state index contributed by atoms with van der Waals surface area (Å²) in [5.41, 5.74) is 2.50. The van der Waals surface area contributed by atoms with Gasteiger partial charge in [-0.15, -0.1) is 0 Å². The number of hydrogen-bond donors (Lipinski definition) is 0. The molecule has 186 valence electrons. The second-order valence-corrected chi connectivity index (χ2v) is 11.4. The summed E-state index contributed by atoms with van der Waals surface area (Å²) in [5, 5.41) is 0.664. The van der Waals surface area contributed by atoms with Crippen LogP contribution in [-0.2, 0) is 9.53 Å². The largest absolute Gasteiger partial charge is 0.560 e. The van der Waals surface area contributed by atoms with Crippen molar-refractivity contribution in [2.75, 3.05) is 0 Å². The molecule has 0 spiro atoms. The van der Waals surface area contributed by atoms with Crippen molar-refractivity contribution >= 4 is 36.0 Å². The van der Waals surface area contributed by atoms with E-state index in [-0.39, 0.29) is 24.8 Å². The van der Waals surface area contributed by atoms with Crippen molar-refractivity contribution in [2.45, 2.75) is 79.2 Å². The summed E-state index contributed by atoms with van der Waals surface area (Å²) in [6, 6.07) is 18.8. The van der Waals surface area contributed by atoms with Crippen molar-refractivity contribution < 1.29 is 14.2 Å². The lowest BCUT2D eigenvalue weighted by atomic mass is 9.43. The third kappa shape index (κ3) is 5.48. The van der Waals surface area contributed by atoms with Crippen molar-refractivity contribution in [1.29, 1.82) is 0 Å². The van der Waals surface area contributed by atoms with Crippen LogP contribution in [0.1, 0.15) is 61.4 Å². The summed E-state index contributed by atoms with van der Waals surface area (Å²) < 4.78 is 15.4. The topological polar surface area (TPSA) is 40.5 Å². The van der Waals surface area contributed by atoms with E-state index in [0.29, 0.717) is 0 Å². The molecule has 0 aliphatic heterocycles. The Balaban J connectivity index is 2.00. The van der Waals surface area contributed by atoms with Gasteiger partial charge in [0.1, 0.15) is 16.0 Å². The quantitative estimate of drug-likeness (QED) is 0.180.